The summed E-state index contributed by atoms with van der Waals surface area (Å²) in [7, 11) is 3.22. The summed E-state index contributed by atoms with van der Waals surface area (Å²) in [4.78, 5) is 26.7. The average molecular weight is 368 g/mol. The first-order valence-electron chi connectivity index (χ1n) is 8.98. The van der Waals surface area contributed by atoms with E-state index in [0.717, 1.165) is 18.4 Å². The van der Waals surface area contributed by atoms with Gasteiger partial charge in [0.05, 0.1) is 26.8 Å². The van der Waals surface area contributed by atoms with Crippen LogP contribution >= 0.6 is 0 Å². The summed E-state index contributed by atoms with van der Waals surface area (Å²) in [5.41, 5.74) is 1.50. The molecule has 3 rings (SSSR count). The van der Waals surface area contributed by atoms with Crippen LogP contribution in [0.25, 0.3) is 0 Å². The first kappa shape index (κ1) is 18.8. The predicted octanol–water partition coefficient (Wildman–Crippen LogP) is 2.80. The van der Waals surface area contributed by atoms with Gasteiger partial charge in [-0.2, -0.15) is 0 Å². The average Bonchev–Trinajstić information content (AvgIpc) is 3.21. The summed E-state index contributed by atoms with van der Waals surface area (Å²) in [5.74, 6) is 1.07. The van der Waals surface area contributed by atoms with Gasteiger partial charge in [-0.1, -0.05) is 18.2 Å². The highest BCUT2D eigenvalue weighted by atomic mass is 16.5. The molecule has 2 amide bonds. The topological polar surface area (TPSA) is 67.9 Å². The Balaban J connectivity index is 1.69. The largest absolute Gasteiger partial charge is 0.497 e. The van der Waals surface area contributed by atoms with E-state index < -0.39 is 0 Å². The number of carbonyl (C=O) groups excluding carboxylic acids is 2. The van der Waals surface area contributed by atoms with E-state index in [2.05, 4.69) is 5.32 Å². The number of ether oxygens (including phenoxy) is 2. The van der Waals surface area contributed by atoms with Crippen molar-refractivity contribution in [3.05, 3.63) is 59.7 Å². The van der Waals surface area contributed by atoms with E-state index in [1.807, 2.05) is 29.2 Å². The van der Waals surface area contributed by atoms with Crippen LogP contribution in [0.2, 0.25) is 0 Å². The molecule has 2 aromatic carbocycles. The molecule has 6 heteroatoms. The zero-order chi connectivity index (χ0) is 19.2. The van der Waals surface area contributed by atoms with Gasteiger partial charge in [-0.05, 0) is 37.1 Å². The lowest BCUT2D eigenvalue weighted by Gasteiger charge is -2.26. The molecule has 2 aromatic rings. The van der Waals surface area contributed by atoms with Gasteiger partial charge in [0.2, 0.25) is 5.91 Å². The third-order valence-electron chi connectivity index (χ3n) is 4.81. The molecule has 0 spiro atoms. The van der Waals surface area contributed by atoms with E-state index in [4.69, 9.17) is 9.47 Å². The van der Waals surface area contributed by atoms with E-state index in [-0.39, 0.29) is 24.4 Å². The molecule has 6 nitrogen and oxygen atoms in total. The molecule has 1 atom stereocenters. The number of rotatable bonds is 6. The number of hydrogen-bond donors (Lipinski definition) is 1. The SMILES string of the molecule is COc1ccc(C2CCCN2C(=O)CNC(=O)c2ccccc2)c(OC)c1. The molecule has 27 heavy (non-hydrogen) atoms. The summed E-state index contributed by atoms with van der Waals surface area (Å²) < 4.78 is 10.7. The van der Waals surface area contributed by atoms with Crippen LogP contribution in [0.3, 0.4) is 0 Å². The van der Waals surface area contributed by atoms with Crippen LogP contribution in [-0.2, 0) is 4.79 Å². The Morgan fingerprint density at radius 3 is 2.59 bits per heavy atom. The second-order valence-electron chi connectivity index (χ2n) is 6.40. The van der Waals surface area contributed by atoms with E-state index in [9.17, 15) is 9.59 Å². The Morgan fingerprint density at radius 1 is 1.11 bits per heavy atom. The number of amides is 2. The zero-order valence-electron chi connectivity index (χ0n) is 15.6. The van der Waals surface area contributed by atoms with Crippen LogP contribution < -0.4 is 14.8 Å². The standard InChI is InChI=1S/C21H24N2O4/c1-26-16-10-11-17(19(13-16)27-2)18-9-6-12-23(18)20(24)14-22-21(25)15-7-4-3-5-8-15/h3-5,7-8,10-11,13,18H,6,9,12,14H2,1-2H3,(H,22,25). The number of methoxy groups -OCH3 is 2. The fourth-order valence-corrected chi connectivity index (χ4v) is 3.43. The number of nitrogens with one attached hydrogen (secondary N) is 1. The third kappa shape index (κ3) is 4.22. The Morgan fingerprint density at radius 2 is 1.89 bits per heavy atom. The van der Waals surface area contributed by atoms with Crippen molar-refractivity contribution in [2.45, 2.75) is 18.9 Å². The van der Waals surface area contributed by atoms with E-state index >= 15 is 0 Å². The van der Waals surface area contributed by atoms with Crippen molar-refractivity contribution >= 4 is 11.8 Å². The summed E-state index contributed by atoms with van der Waals surface area (Å²) in [6.45, 7) is 0.641. The molecule has 1 heterocycles. The fourth-order valence-electron chi connectivity index (χ4n) is 3.43. The van der Waals surface area contributed by atoms with Crippen molar-refractivity contribution in [3.63, 3.8) is 0 Å². The maximum Gasteiger partial charge on any atom is 0.251 e. The minimum absolute atomic E-state index is 0.0251. The molecule has 142 valence electrons. The highest BCUT2D eigenvalue weighted by molar-refractivity contribution is 5.96. The van der Waals surface area contributed by atoms with Gasteiger partial charge in [0.15, 0.2) is 0 Å². The molecule has 1 aliphatic rings. The second kappa shape index (κ2) is 8.58. The Hall–Kier alpha value is -3.02. The first-order chi connectivity index (χ1) is 13.1. The van der Waals surface area contributed by atoms with E-state index in [0.29, 0.717) is 23.6 Å². The highest BCUT2D eigenvalue weighted by Crippen LogP contribution is 2.38. The van der Waals surface area contributed by atoms with Crippen molar-refractivity contribution in [1.82, 2.24) is 10.2 Å². The van der Waals surface area contributed by atoms with Crippen LogP contribution in [0.4, 0.5) is 0 Å². The minimum atomic E-state index is -0.248. The Labute approximate surface area is 159 Å². The molecule has 1 saturated heterocycles. The van der Waals surface area contributed by atoms with Gasteiger partial charge in [-0.25, -0.2) is 0 Å². The number of carbonyl (C=O) groups is 2. The molecule has 0 aliphatic carbocycles. The van der Waals surface area contributed by atoms with Crippen molar-refractivity contribution in [2.24, 2.45) is 0 Å². The monoisotopic (exact) mass is 368 g/mol. The van der Waals surface area contributed by atoms with Crippen molar-refractivity contribution < 1.29 is 19.1 Å². The van der Waals surface area contributed by atoms with E-state index in [1.54, 1.807) is 38.5 Å². The Bertz CT molecular complexity index is 807. The molecule has 0 aromatic heterocycles. The van der Waals surface area contributed by atoms with Gasteiger partial charge in [-0.3, -0.25) is 9.59 Å². The second-order valence-corrected chi connectivity index (χ2v) is 6.40. The quantitative estimate of drug-likeness (QED) is 0.851. The fraction of sp³-hybridized carbons (Fsp3) is 0.333. The van der Waals surface area contributed by atoms with Crippen molar-refractivity contribution in [2.75, 3.05) is 27.3 Å². The molecular weight excluding hydrogens is 344 g/mol. The van der Waals surface area contributed by atoms with Gasteiger partial charge in [0.25, 0.3) is 5.91 Å². The Kier molecular flexibility index (Phi) is 5.96. The van der Waals surface area contributed by atoms with E-state index in [1.165, 1.54) is 0 Å². The molecule has 1 N–H and O–H groups in total. The molecule has 0 radical (unpaired) electrons. The van der Waals surface area contributed by atoms with Gasteiger partial charge in [0.1, 0.15) is 11.5 Å². The highest BCUT2D eigenvalue weighted by Gasteiger charge is 2.32. The van der Waals surface area contributed by atoms with Gasteiger partial charge in [0, 0.05) is 23.7 Å². The minimum Gasteiger partial charge on any atom is -0.497 e. The number of benzene rings is 2. The van der Waals surface area contributed by atoms with Gasteiger partial charge < -0.3 is 19.7 Å². The third-order valence-corrected chi connectivity index (χ3v) is 4.81. The number of nitrogens with zero attached hydrogens (tertiary/aromatic N) is 1. The smallest absolute Gasteiger partial charge is 0.251 e. The lowest BCUT2D eigenvalue weighted by molar-refractivity contribution is -0.131. The zero-order valence-corrected chi connectivity index (χ0v) is 15.6. The van der Waals surface area contributed by atoms with Crippen LogP contribution in [0.1, 0.15) is 34.8 Å². The molecular formula is C21H24N2O4. The molecule has 1 fully saturated rings. The van der Waals surface area contributed by atoms with Crippen molar-refractivity contribution in [3.8, 4) is 11.5 Å². The van der Waals surface area contributed by atoms with Gasteiger partial charge in [-0.15, -0.1) is 0 Å². The maximum atomic E-state index is 12.7. The van der Waals surface area contributed by atoms with Gasteiger partial charge >= 0.3 is 0 Å². The lowest BCUT2D eigenvalue weighted by atomic mass is 10.0. The van der Waals surface area contributed by atoms with Crippen LogP contribution in [-0.4, -0.2) is 44.0 Å². The van der Waals surface area contributed by atoms with Crippen LogP contribution in [0, 0.1) is 0 Å². The van der Waals surface area contributed by atoms with Crippen LogP contribution in [0.15, 0.2) is 48.5 Å². The van der Waals surface area contributed by atoms with Crippen molar-refractivity contribution in [1.29, 1.82) is 0 Å². The lowest BCUT2D eigenvalue weighted by Crippen LogP contribution is -2.39. The summed E-state index contributed by atoms with van der Waals surface area (Å²) in [6.07, 6.45) is 1.78. The number of hydrogen-bond acceptors (Lipinski definition) is 4. The molecule has 0 saturated carbocycles. The molecule has 0 bridgehead atoms. The normalized spacial score (nSPS) is 16.1. The number of likely N-dealkylation sites (tertiary alicyclic amines) is 1. The summed E-state index contributed by atoms with van der Waals surface area (Å²) >= 11 is 0. The molecule has 1 aliphatic heterocycles. The molecule has 1 unspecified atom stereocenters. The summed E-state index contributed by atoms with van der Waals surface area (Å²) in [6, 6.07) is 14.5. The predicted molar refractivity (Wildman–Crippen MR) is 102 cm³/mol. The first-order valence-corrected chi connectivity index (χ1v) is 8.98. The maximum absolute atomic E-state index is 12.7. The summed E-state index contributed by atoms with van der Waals surface area (Å²) in [5, 5.41) is 2.71. The van der Waals surface area contributed by atoms with Crippen LogP contribution in [0.5, 0.6) is 11.5 Å².